The Morgan fingerprint density at radius 2 is 1.56 bits per heavy atom. The van der Waals surface area contributed by atoms with Gasteiger partial charge in [-0.2, -0.15) is 0 Å². The molecule has 0 spiro atoms. The van der Waals surface area contributed by atoms with Gasteiger partial charge in [-0.3, -0.25) is 9.69 Å². The normalized spacial score (nSPS) is 15.1. The highest BCUT2D eigenvalue weighted by molar-refractivity contribution is 5.92. The van der Waals surface area contributed by atoms with Crippen molar-refractivity contribution in [1.29, 1.82) is 0 Å². The highest BCUT2D eigenvalue weighted by Gasteiger charge is 2.18. The quantitative estimate of drug-likeness (QED) is 0.791. The number of carbonyl (C=O) groups is 1. The Kier molecular flexibility index (Phi) is 6.88. The van der Waals surface area contributed by atoms with Gasteiger partial charge in [-0.05, 0) is 42.7 Å². The van der Waals surface area contributed by atoms with Crippen molar-refractivity contribution in [3.05, 3.63) is 60.2 Å². The summed E-state index contributed by atoms with van der Waals surface area (Å²) in [6.07, 6.45) is 1.77. The van der Waals surface area contributed by atoms with Gasteiger partial charge in [0.1, 0.15) is 0 Å². The van der Waals surface area contributed by atoms with E-state index in [-0.39, 0.29) is 11.8 Å². The minimum atomic E-state index is 0.0994. The molecule has 0 bridgehead atoms. The standard InChI is InChI=1S/C23H31N3O/c1-3-20(4-2)23(27)24-21-10-12-22(13-11-21)26-16-14-25(15-17-26)18-19-8-6-5-7-9-19/h5-13,20H,3-4,14-18H2,1-2H3,(H,24,27). The molecule has 0 atom stereocenters. The molecule has 3 rings (SSSR count). The molecule has 144 valence electrons. The zero-order valence-corrected chi connectivity index (χ0v) is 16.5. The molecule has 0 aromatic heterocycles. The number of anilines is 2. The summed E-state index contributed by atoms with van der Waals surface area (Å²) >= 11 is 0. The highest BCUT2D eigenvalue weighted by atomic mass is 16.1. The van der Waals surface area contributed by atoms with Crippen molar-refractivity contribution >= 4 is 17.3 Å². The summed E-state index contributed by atoms with van der Waals surface area (Å²) < 4.78 is 0. The van der Waals surface area contributed by atoms with Gasteiger partial charge < -0.3 is 10.2 Å². The number of nitrogens with zero attached hydrogens (tertiary/aromatic N) is 2. The lowest BCUT2D eigenvalue weighted by Crippen LogP contribution is -2.45. The first-order valence-electron chi connectivity index (χ1n) is 10.1. The molecule has 2 aromatic carbocycles. The van der Waals surface area contributed by atoms with Gasteiger partial charge >= 0.3 is 0 Å². The van der Waals surface area contributed by atoms with E-state index in [1.54, 1.807) is 0 Å². The van der Waals surface area contributed by atoms with Crippen molar-refractivity contribution in [3.8, 4) is 0 Å². The van der Waals surface area contributed by atoms with E-state index in [4.69, 9.17) is 0 Å². The Morgan fingerprint density at radius 1 is 0.926 bits per heavy atom. The average molecular weight is 366 g/mol. The summed E-state index contributed by atoms with van der Waals surface area (Å²) in [6, 6.07) is 19.0. The van der Waals surface area contributed by atoms with Crippen molar-refractivity contribution in [1.82, 2.24) is 4.90 Å². The van der Waals surface area contributed by atoms with E-state index in [0.717, 1.165) is 51.3 Å². The van der Waals surface area contributed by atoms with Crippen molar-refractivity contribution in [3.63, 3.8) is 0 Å². The Morgan fingerprint density at radius 3 is 2.15 bits per heavy atom. The molecule has 0 aliphatic carbocycles. The fraction of sp³-hybridized carbons (Fsp3) is 0.435. The molecule has 0 saturated carbocycles. The topological polar surface area (TPSA) is 35.6 Å². The maximum atomic E-state index is 12.2. The third-order valence-electron chi connectivity index (χ3n) is 5.48. The number of rotatable bonds is 7. The van der Waals surface area contributed by atoms with Crippen LogP contribution in [0.15, 0.2) is 54.6 Å². The molecule has 1 saturated heterocycles. The highest BCUT2D eigenvalue weighted by Crippen LogP contribution is 2.21. The lowest BCUT2D eigenvalue weighted by atomic mass is 10.0. The van der Waals surface area contributed by atoms with Gasteiger partial charge in [0.2, 0.25) is 5.91 Å². The van der Waals surface area contributed by atoms with Gasteiger partial charge in [-0.15, -0.1) is 0 Å². The van der Waals surface area contributed by atoms with Gasteiger partial charge in [0.05, 0.1) is 0 Å². The molecular formula is C23H31N3O. The van der Waals surface area contributed by atoms with Crippen molar-refractivity contribution in [2.24, 2.45) is 5.92 Å². The first-order chi connectivity index (χ1) is 13.2. The first kappa shape index (κ1) is 19.4. The number of hydrogen-bond acceptors (Lipinski definition) is 3. The van der Waals surface area contributed by atoms with E-state index in [2.05, 4.69) is 71.4 Å². The van der Waals surface area contributed by atoms with Crippen LogP contribution < -0.4 is 10.2 Å². The molecule has 1 amide bonds. The Labute approximate surface area is 163 Å². The lowest BCUT2D eigenvalue weighted by molar-refractivity contribution is -0.120. The minimum Gasteiger partial charge on any atom is -0.369 e. The zero-order valence-electron chi connectivity index (χ0n) is 16.5. The first-order valence-corrected chi connectivity index (χ1v) is 10.1. The molecule has 0 unspecified atom stereocenters. The third kappa shape index (κ3) is 5.33. The number of nitrogens with one attached hydrogen (secondary N) is 1. The Hall–Kier alpha value is -2.33. The molecule has 1 aliphatic rings. The van der Waals surface area contributed by atoms with Gasteiger partial charge in [0.25, 0.3) is 0 Å². The summed E-state index contributed by atoms with van der Waals surface area (Å²) in [5.74, 6) is 0.227. The second-order valence-electron chi connectivity index (χ2n) is 7.30. The molecule has 27 heavy (non-hydrogen) atoms. The number of piperazine rings is 1. The molecule has 1 aliphatic heterocycles. The van der Waals surface area contributed by atoms with Crippen LogP contribution in [0, 0.1) is 5.92 Å². The van der Waals surface area contributed by atoms with Crippen LogP contribution in [0.3, 0.4) is 0 Å². The fourth-order valence-corrected chi connectivity index (χ4v) is 3.67. The molecule has 2 aromatic rings. The number of hydrogen-bond donors (Lipinski definition) is 1. The number of benzene rings is 2. The van der Waals surface area contributed by atoms with E-state index in [9.17, 15) is 4.79 Å². The summed E-state index contributed by atoms with van der Waals surface area (Å²) in [7, 11) is 0. The number of carbonyl (C=O) groups excluding carboxylic acids is 1. The second-order valence-corrected chi connectivity index (χ2v) is 7.30. The molecule has 4 nitrogen and oxygen atoms in total. The largest absolute Gasteiger partial charge is 0.369 e. The van der Waals surface area contributed by atoms with E-state index in [0.29, 0.717) is 0 Å². The smallest absolute Gasteiger partial charge is 0.227 e. The average Bonchev–Trinajstić information content (AvgIpc) is 2.71. The molecular weight excluding hydrogens is 334 g/mol. The van der Waals surface area contributed by atoms with Crippen LogP contribution in [-0.2, 0) is 11.3 Å². The predicted octanol–water partition coefficient (Wildman–Crippen LogP) is 4.38. The van der Waals surface area contributed by atoms with Crippen LogP contribution in [0.1, 0.15) is 32.3 Å². The van der Waals surface area contributed by atoms with Crippen LogP contribution in [0.5, 0.6) is 0 Å². The minimum absolute atomic E-state index is 0.0994. The predicted molar refractivity (Wildman–Crippen MR) is 113 cm³/mol. The summed E-state index contributed by atoms with van der Waals surface area (Å²) in [5, 5.41) is 3.04. The molecule has 4 heteroatoms. The van der Waals surface area contributed by atoms with Crippen LogP contribution in [-0.4, -0.2) is 37.0 Å². The van der Waals surface area contributed by atoms with E-state index in [1.807, 2.05) is 12.1 Å². The zero-order chi connectivity index (χ0) is 19.1. The van der Waals surface area contributed by atoms with E-state index >= 15 is 0 Å². The van der Waals surface area contributed by atoms with Crippen LogP contribution in [0.25, 0.3) is 0 Å². The van der Waals surface area contributed by atoms with Gasteiger partial charge in [0, 0.05) is 50.0 Å². The second kappa shape index (κ2) is 9.56. The lowest BCUT2D eigenvalue weighted by Gasteiger charge is -2.36. The van der Waals surface area contributed by atoms with Crippen LogP contribution in [0.4, 0.5) is 11.4 Å². The van der Waals surface area contributed by atoms with Crippen molar-refractivity contribution in [2.75, 3.05) is 36.4 Å². The SMILES string of the molecule is CCC(CC)C(=O)Nc1ccc(N2CCN(Cc3ccccc3)CC2)cc1. The molecule has 1 fully saturated rings. The summed E-state index contributed by atoms with van der Waals surface area (Å²) in [4.78, 5) is 17.2. The van der Waals surface area contributed by atoms with E-state index < -0.39 is 0 Å². The van der Waals surface area contributed by atoms with Crippen LogP contribution >= 0.6 is 0 Å². The third-order valence-corrected chi connectivity index (χ3v) is 5.48. The van der Waals surface area contributed by atoms with Gasteiger partial charge in [-0.1, -0.05) is 44.2 Å². The Balaban J connectivity index is 1.50. The van der Waals surface area contributed by atoms with Crippen molar-refractivity contribution in [2.45, 2.75) is 33.2 Å². The maximum Gasteiger partial charge on any atom is 0.227 e. The number of amides is 1. The summed E-state index contributed by atoms with van der Waals surface area (Å²) in [6.45, 7) is 9.36. The monoisotopic (exact) mass is 365 g/mol. The molecule has 0 radical (unpaired) electrons. The van der Waals surface area contributed by atoms with Crippen molar-refractivity contribution < 1.29 is 4.79 Å². The van der Waals surface area contributed by atoms with Gasteiger partial charge in [0.15, 0.2) is 0 Å². The molecule has 1 heterocycles. The molecule has 1 N–H and O–H groups in total. The fourth-order valence-electron chi connectivity index (χ4n) is 3.67. The van der Waals surface area contributed by atoms with Gasteiger partial charge in [-0.25, -0.2) is 0 Å². The van der Waals surface area contributed by atoms with E-state index in [1.165, 1.54) is 11.3 Å². The maximum absolute atomic E-state index is 12.2. The summed E-state index contributed by atoms with van der Waals surface area (Å²) in [5.41, 5.74) is 3.50. The Bertz CT molecular complexity index is 702. The van der Waals surface area contributed by atoms with Crippen LogP contribution in [0.2, 0.25) is 0 Å².